The number of benzene rings is 3. The van der Waals surface area contributed by atoms with Gasteiger partial charge in [0.2, 0.25) is 11.8 Å². The second kappa shape index (κ2) is 12.3. The molecule has 2 amide bonds. The Kier molecular flexibility index (Phi) is 9.37. The van der Waals surface area contributed by atoms with Gasteiger partial charge in [-0.3, -0.25) is 13.9 Å². The topological polar surface area (TPSA) is 86.8 Å². The zero-order valence-corrected chi connectivity index (χ0v) is 22.2. The van der Waals surface area contributed by atoms with E-state index >= 15 is 0 Å². The van der Waals surface area contributed by atoms with Gasteiger partial charge in [0.15, 0.2) is 0 Å². The van der Waals surface area contributed by atoms with Crippen LogP contribution in [-0.2, 0) is 26.2 Å². The van der Waals surface area contributed by atoms with E-state index in [4.69, 9.17) is 23.2 Å². The monoisotopic (exact) mass is 547 g/mol. The summed E-state index contributed by atoms with van der Waals surface area (Å²) < 4.78 is 28.4. The number of sulfonamides is 1. The molecule has 0 saturated carbocycles. The van der Waals surface area contributed by atoms with Crippen LogP contribution in [-0.4, -0.2) is 44.8 Å². The number of anilines is 1. The lowest BCUT2D eigenvalue weighted by atomic mass is 10.1. The molecule has 0 aliphatic carbocycles. The summed E-state index contributed by atoms with van der Waals surface area (Å²) in [5.74, 6) is -0.899. The maximum Gasteiger partial charge on any atom is 0.264 e. The summed E-state index contributed by atoms with van der Waals surface area (Å²) >= 11 is 12.4. The Balaban J connectivity index is 2.07. The number of amides is 2. The SMILES string of the molecule is CC[C@H](C(=O)NC)N(Cc1ccccc1)C(=O)CN(c1ccc(Cl)cc1Cl)S(=O)(=O)c1ccccc1. The van der Waals surface area contributed by atoms with Gasteiger partial charge in [-0.2, -0.15) is 0 Å². The van der Waals surface area contributed by atoms with Crippen molar-refractivity contribution in [2.24, 2.45) is 0 Å². The number of hydrogen-bond acceptors (Lipinski definition) is 4. The standard InChI is InChI=1S/C26H27Cl2N3O4S/c1-3-23(26(33)29-2)30(17-19-10-6-4-7-11-19)25(32)18-31(24-15-14-20(27)16-22(24)28)36(34,35)21-12-8-5-9-13-21/h4-16,23H,3,17-18H2,1-2H3,(H,29,33)/t23-/m1/s1. The van der Waals surface area contributed by atoms with Crippen LogP contribution in [0.15, 0.2) is 83.8 Å². The molecule has 0 unspecified atom stereocenters. The first-order chi connectivity index (χ1) is 17.2. The lowest BCUT2D eigenvalue weighted by Crippen LogP contribution is -2.51. The maximum absolute atomic E-state index is 13.8. The van der Waals surface area contributed by atoms with Crippen molar-refractivity contribution in [2.75, 3.05) is 17.9 Å². The van der Waals surface area contributed by atoms with Crippen LogP contribution in [0.25, 0.3) is 0 Å². The molecule has 3 rings (SSSR count). The summed E-state index contributed by atoms with van der Waals surface area (Å²) in [5, 5.41) is 2.99. The van der Waals surface area contributed by atoms with Crippen molar-refractivity contribution in [2.45, 2.75) is 30.8 Å². The Hall–Kier alpha value is -3.07. The highest BCUT2D eigenvalue weighted by Crippen LogP contribution is 2.33. The van der Waals surface area contributed by atoms with Gasteiger partial charge in [0.05, 0.1) is 15.6 Å². The molecule has 1 atom stereocenters. The fraction of sp³-hybridized carbons (Fsp3) is 0.231. The molecule has 0 aromatic heterocycles. The van der Waals surface area contributed by atoms with Gasteiger partial charge in [0.25, 0.3) is 10.0 Å². The van der Waals surface area contributed by atoms with Gasteiger partial charge in [-0.05, 0) is 42.3 Å². The zero-order chi connectivity index (χ0) is 26.3. The zero-order valence-electron chi connectivity index (χ0n) is 19.9. The van der Waals surface area contributed by atoms with E-state index in [-0.39, 0.29) is 28.1 Å². The molecule has 0 saturated heterocycles. The minimum atomic E-state index is -4.19. The number of hydrogen-bond donors (Lipinski definition) is 1. The summed E-state index contributed by atoms with van der Waals surface area (Å²) in [6.07, 6.45) is 0.339. The van der Waals surface area contributed by atoms with E-state index in [1.54, 1.807) is 25.1 Å². The van der Waals surface area contributed by atoms with Crippen molar-refractivity contribution in [1.82, 2.24) is 10.2 Å². The highest BCUT2D eigenvalue weighted by atomic mass is 35.5. The van der Waals surface area contributed by atoms with Crippen molar-refractivity contribution in [3.05, 3.63) is 94.5 Å². The third kappa shape index (κ3) is 6.37. The Labute approximate surface area is 221 Å². The number of nitrogens with one attached hydrogen (secondary N) is 1. The molecule has 1 N–H and O–H groups in total. The van der Waals surface area contributed by atoms with Gasteiger partial charge in [-0.15, -0.1) is 0 Å². The van der Waals surface area contributed by atoms with Crippen molar-refractivity contribution in [1.29, 1.82) is 0 Å². The fourth-order valence-electron chi connectivity index (χ4n) is 3.78. The van der Waals surface area contributed by atoms with Gasteiger partial charge >= 0.3 is 0 Å². The second-order valence-electron chi connectivity index (χ2n) is 7.97. The molecule has 3 aromatic rings. The molecule has 0 fully saturated rings. The Morgan fingerprint density at radius 2 is 1.56 bits per heavy atom. The lowest BCUT2D eigenvalue weighted by molar-refractivity contribution is -0.140. The van der Waals surface area contributed by atoms with Crippen LogP contribution in [0.4, 0.5) is 5.69 Å². The molecule has 0 spiro atoms. The first-order valence-corrected chi connectivity index (χ1v) is 13.5. The average molecular weight is 548 g/mol. The third-order valence-electron chi connectivity index (χ3n) is 5.62. The van der Waals surface area contributed by atoms with Crippen LogP contribution >= 0.6 is 23.2 Å². The number of likely N-dealkylation sites (N-methyl/N-ethyl adjacent to an activating group) is 1. The number of halogens is 2. The first kappa shape index (κ1) is 27.5. The summed E-state index contributed by atoms with van der Waals surface area (Å²) in [7, 11) is -2.70. The molecule has 0 bridgehead atoms. The predicted octanol–water partition coefficient (Wildman–Crippen LogP) is 4.74. The largest absolute Gasteiger partial charge is 0.357 e. The number of nitrogens with zero attached hydrogens (tertiary/aromatic N) is 2. The van der Waals surface area contributed by atoms with Gasteiger partial charge in [0, 0.05) is 18.6 Å². The van der Waals surface area contributed by atoms with E-state index in [2.05, 4.69) is 5.32 Å². The molecule has 10 heteroatoms. The summed E-state index contributed by atoms with van der Waals surface area (Å²) in [6, 6.07) is 20.5. The molecule has 36 heavy (non-hydrogen) atoms. The Morgan fingerprint density at radius 1 is 0.944 bits per heavy atom. The van der Waals surface area contributed by atoms with E-state index in [1.165, 1.54) is 42.3 Å². The van der Waals surface area contributed by atoms with Gasteiger partial charge < -0.3 is 10.2 Å². The van der Waals surface area contributed by atoms with Gasteiger partial charge in [0.1, 0.15) is 12.6 Å². The first-order valence-electron chi connectivity index (χ1n) is 11.3. The van der Waals surface area contributed by atoms with Crippen LogP contribution in [0.2, 0.25) is 10.0 Å². The van der Waals surface area contributed by atoms with Gasteiger partial charge in [-0.25, -0.2) is 8.42 Å². The molecule has 3 aromatic carbocycles. The summed E-state index contributed by atoms with van der Waals surface area (Å²) in [5.41, 5.74) is 0.904. The van der Waals surface area contributed by atoms with Crippen LogP contribution in [0, 0.1) is 0 Å². The second-order valence-corrected chi connectivity index (χ2v) is 10.7. The third-order valence-corrected chi connectivity index (χ3v) is 7.93. The van der Waals surface area contributed by atoms with E-state index in [9.17, 15) is 18.0 Å². The molecular weight excluding hydrogens is 521 g/mol. The normalized spacial score (nSPS) is 12.0. The van der Waals surface area contributed by atoms with E-state index < -0.39 is 28.5 Å². The minimum Gasteiger partial charge on any atom is -0.357 e. The van der Waals surface area contributed by atoms with Crippen molar-refractivity contribution < 1.29 is 18.0 Å². The molecule has 190 valence electrons. The van der Waals surface area contributed by atoms with Crippen LogP contribution in [0.3, 0.4) is 0 Å². The molecule has 0 aliphatic heterocycles. The van der Waals surface area contributed by atoms with Crippen molar-refractivity contribution >= 4 is 50.7 Å². The summed E-state index contributed by atoms with van der Waals surface area (Å²) in [4.78, 5) is 27.8. The average Bonchev–Trinajstić information content (AvgIpc) is 2.88. The maximum atomic E-state index is 13.8. The smallest absolute Gasteiger partial charge is 0.264 e. The van der Waals surface area contributed by atoms with Crippen LogP contribution < -0.4 is 9.62 Å². The number of carbonyl (C=O) groups is 2. The number of carbonyl (C=O) groups excluding carboxylic acids is 2. The fourth-order valence-corrected chi connectivity index (χ4v) is 5.80. The van der Waals surface area contributed by atoms with Crippen LogP contribution in [0.5, 0.6) is 0 Å². The van der Waals surface area contributed by atoms with E-state index in [1.807, 2.05) is 30.3 Å². The van der Waals surface area contributed by atoms with Crippen molar-refractivity contribution in [3.63, 3.8) is 0 Å². The quantitative estimate of drug-likeness (QED) is 0.397. The Morgan fingerprint density at radius 3 is 2.11 bits per heavy atom. The predicted molar refractivity (Wildman–Crippen MR) is 143 cm³/mol. The molecule has 0 heterocycles. The molecule has 0 radical (unpaired) electrons. The number of rotatable bonds is 10. The lowest BCUT2D eigenvalue weighted by Gasteiger charge is -2.33. The van der Waals surface area contributed by atoms with E-state index in [0.29, 0.717) is 11.4 Å². The highest BCUT2D eigenvalue weighted by molar-refractivity contribution is 7.92. The van der Waals surface area contributed by atoms with E-state index in [0.717, 1.165) is 9.87 Å². The van der Waals surface area contributed by atoms with Crippen LogP contribution in [0.1, 0.15) is 18.9 Å². The van der Waals surface area contributed by atoms with Crippen molar-refractivity contribution in [3.8, 4) is 0 Å². The molecule has 7 nitrogen and oxygen atoms in total. The minimum absolute atomic E-state index is 0.00299. The van der Waals surface area contributed by atoms with Gasteiger partial charge in [-0.1, -0.05) is 78.7 Å². The molecule has 0 aliphatic rings. The highest BCUT2D eigenvalue weighted by Gasteiger charge is 2.34. The summed E-state index contributed by atoms with van der Waals surface area (Å²) in [6.45, 7) is 1.35. The Bertz CT molecular complexity index is 1310. The molecular formula is C26H27Cl2N3O4S.